The molecule has 0 aromatic heterocycles. The molecule has 1 heterocycles. The van der Waals surface area contributed by atoms with Crippen LogP contribution in [0.15, 0.2) is 18.2 Å². The molecule has 2 rings (SSSR count). The molecule has 3 nitrogen and oxygen atoms in total. The number of benzene rings is 1. The monoisotopic (exact) mass is 251 g/mol. The van der Waals surface area contributed by atoms with Crippen LogP contribution in [0.2, 0.25) is 0 Å². The standard InChI is InChI=1S/C14H18FNO2/c1-10-4-6-16(7-5-10)9-11-2-3-13(15)12(8-11)14(17)18/h2-3,8,10H,4-7,9H2,1H3,(H,17,18). The third-order valence-electron chi connectivity index (χ3n) is 3.54. The van der Waals surface area contributed by atoms with E-state index in [0.717, 1.165) is 24.6 Å². The van der Waals surface area contributed by atoms with E-state index in [-0.39, 0.29) is 5.56 Å². The number of hydrogen-bond acceptors (Lipinski definition) is 2. The van der Waals surface area contributed by atoms with Crippen molar-refractivity contribution in [1.29, 1.82) is 0 Å². The van der Waals surface area contributed by atoms with Crippen LogP contribution in [0.3, 0.4) is 0 Å². The van der Waals surface area contributed by atoms with Gasteiger partial charge >= 0.3 is 5.97 Å². The molecule has 0 amide bonds. The maximum absolute atomic E-state index is 13.3. The molecule has 1 aliphatic heterocycles. The van der Waals surface area contributed by atoms with Crippen molar-refractivity contribution in [2.24, 2.45) is 5.92 Å². The smallest absolute Gasteiger partial charge is 0.338 e. The Morgan fingerprint density at radius 1 is 1.44 bits per heavy atom. The summed E-state index contributed by atoms with van der Waals surface area (Å²) in [5, 5.41) is 8.88. The molecule has 1 aromatic rings. The average Bonchev–Trinajstić information content (AvgIpc) is 2.34. The fraction of sp³-hybridized carbons (Fsp3) is 0.500. The van der Waals surface area contributed by atoms with Crippen molar-refractivity contribution >= 4 is 5.97 Å². The summed E-state index contributed by atoms with van der Waals surface area (Å²) in [6.45, 7) is 5.01. The van der Waals surface area contributed by atoms with Gasteiger partial charge in [-0.05, 0) is 49.5 Å². The molecule has 1 saturated heterocycles. The van der Waals surface area contributed by atoms with Gasteiger partial charge in [-0.15, -0.1) is 0 Å². The number of aromatic carboxylic acids is 1. The minimum absolute atomic E-state index is 0.238. The lowest BCUT2D eigenvalue weighted by Gasteiger charge is -2.30. The minimum atomic E-state index is -1.21. The highest BCUT2D eigenvalue weighted by Gasteiger charge is 2.17. The van der Waals surface area contributed by atoms with Crippen LogP contribution in [0.5, 0.6) is 0 Å². The van der Waals surface area contributed by atoms with E-state index in [1.165, 1.54) is 25.0 Å². The van der Waals surface area contributed by atoms with Crippen molar-refractivity contribution in [2.75, 3.05) is 13.1 Å². The molecule has 4 heteroatoms. The molecule has 0 radical (unpaired) electrons. The Morgan fingerprint density at radius 3 is 2.72 bits per heavy atom. The lowest BCUT2D eigenvalue weighted by atomic mass is 9.98. The highest BCUT2D eigenvalue weighted by molar-refractivity contribution is 5.88. The van der Waals surface area contributed by atoms with E-state index in [1.807, 2.05) is 0 Å². The molecule has 1 N–H and O–H groups in total. The van der Waals surface area contributed by atoms with Gasteiger partial charge in [-0.3, -0.25) is 4.90 Å². The first kappa shape index (κ1) is 13.0. The topological polar surface area (TPSA) is 40.5 Å². The molecule has 0 aliphatic carbocycles. The number of nitrogens with zero attached hydrogens (tertiary/aromatic N) is 1. The van der Waals surface area contributed by atoms with E-state index < -0.39 is 11.8 Å². The molecule has 1 aliphatic rings. The van der Waals surface area contributed by atoms with Crippen molar-refractivity contribution in [1.82, 2.24) is 4.90 Å². The van der Waals surface area contributed by atoms with Crippen molar-refractivity contribution in [3.05, 3.63) is 35.1 Å². The predicted molar refractivity (Wildman–Crippen MR) is 67.0 cm³/mol. The second-order valence-corrected chi connectivity index (χ2v) is 5.08. The normalized spacial score (nSPS) is 17.9. The van der Waals surface area contributed by atoms with Crippen LogP contribution in [-0.4, -0.2) is 29.1 Å². The Balaban J connectivity index is 2.05. The summed E-state index contributed by atoms with van der Waals surface area (Å²) in [7, 11) is 0. The largest absolute Gasteiger partial charge is 0.478 e. The minimum Gasteiger partial charge on any atom is -0.478 e. The van der Waals surface area contributed by atoms with Gasteiger partial charge in [0.25, 0.3) is 0 Å². The zero-order chi connectivity index (χ0) is 13.1. The van der Waals surface area contributed by atoms with Gasteiger partial charge in [-0.25, -0.2) is 9.18 Å². The van der Waals surface area contributed by atoms with Crippen LogP contribution in [0, 0.1) is 11.7 Å². The zero-order valence-electron chi connectivity index (χ0n) is 10.5. The summed E-state index contributed by atoms with van der Waals surface area (Å²) >= 11 is 0. The maximum Gasteiger partial charge on any atom is 0.338 e. The Bertz CT molecular complexity index is 439. The summed E-state index contributed by atoms with van der Waals surface area (Å²) in [5.74, 6) is -1.11. The van der Waals surface area contributed by atoms with E-state index in [0.29, 0.717) is 6.54 Å². The molecule has 18 heavy (non-hydrogen) atoms. The average molecular weight is 251 g/mol. The van der Waals surface area contributed by atoms with Gasteiger partial charge in [0.05, 0.1) is 5.56 Å². The third-order valence-corrected chi connectivity index (χ3v) is 3.54. The van der Waals surface area contributed by atoms with Crippen molar-refractivity contribution in [2.45, 2.75) is 26.3 Å². The van der Waals surface area contributed by atoms with Gasteiger partial charge in [0.2, 0.25) is 0 Å². The van der Waals surface area contributed by atoms with Crippen LogP contribution < -0.4 is 0 Å². The van der Waals surface area contributed by atoms with Crippen molar-refractivity contribution in [3.8, 4) is 0 Å². The Morgan fingerprint density at radius 2 is 2.11 bits per heavy atom. The molecule has 0 bridgehead atoms. The lowest BCUT2D eigenvalue weighted by molar-refractivity contribution is 0.0691. The highest BCUT2D eigenvalue weighted by atomic mass is 19.1. The van der Waals surface area contributed by atoms with Crippen LogP contribution in [-0.2, 0) is 6.54 Å². The lowest BCUT2D eigenvalue weighted by Crippen LogP contribution is -2.32. The summed E-state index contributed by atoms with van der Waals surface area (Å²) < 4.78 is 13.3. The van der Waals surface area contributed by atoms with Gasteiger partial charge in [0.15, 0.2) is 0 Å². The Hall–Kier alpha value is -1.42. The second-order valence-electron chi connectivity index (χ2n) is 5.08. The summed E-state index contributed by atoms with van der Waals surface area (Å²) in [6.07, 6.45) is 2.35. The van der Waals surface area contributed by atoms with Gasteiger partial charge in [0, 0.05) is 6.54 Å². The molecule has 1 aromatic carbocycles. The van der Waals surface area contributed by atoms with Crippen LogP contribution >= 0.6 is 0 Å². The summed E-state index contributed by atoms with van der Waals surface area (Å²) in [5.41, 5.74) is 0.626. The molecule has 0 saturated carbocycles. The molecule has 0 spiro atoms. The van der Waals surface area contributed by atoms with Crippen LogP contribution in [0.4, 0.5) is 4.39 Å². The van der Waals surface area contributed by atoms with E-state index >= 15 is 0 Å². The number of carboxylic acids is 1. The Kier molecular flexibility index (Phi) is 3.97. The number of likely N-dealkylation sites (tertiary alicyclic amines) is 1. The predicted octanol–water partition coefficient (Wildman–Crippen LogP) is 2.76. The number of carbonyl (C=O) groups is 1. The van der Waals surface area contributed by atoms with Crippen molar-refractivity contribution in [3.63, 3.8) is 0 Å². The molecular formula is C14H18FNO2. The second kappa shape index (κ2) is 5.48. The van der Waals surface area contributed by atoms with Crippen LogP contribution in [0.25, 0.3) is 0 Å². The maximum atomic E-state index is 13.3. The Labute approximate surface area is 106 Å². The van der Waals surface area contributed by atoms with Gasteiger partial charge in [-0.2, -0.15) is 0 Å². The quantitative estimate of drug-likeness (QED) is 0.898. The first-order valence-corrected chi connectivity index (χ1v) is 6.30. The SMILES string of the molecule is CC1CCN(Cc2ccc(F)c(C(=O)O)c2)CC1. The van der Waals surface area contributed by atoms with Crippen molar-refractivity contribution < 1.29 is 14.3 Å². The van der Waals surface area contributed by atoms with Crippen LogP contribution in [0.1, 0.15) is 35.7 Å². The van der Waals surface area contributed by atoms with E-state index in [4.69, 9.17) is 5.11 Å². The number of piperidine rings is 1. The molecule has 98 valence electrons. The summed E-state index contributed by atoms with van der Waals surface area (Å²) in [4.78, 5) is 13.1. The molecule has 0 unspecified atom stereocenters. The zero-order valence-corrected chi connectivity index (χ0v) is 10.5. The molecular weight excluding hydrogens is 233 g/mol. The first-order valence-electron chi connectivity index (χ1n) is 6.30. The van der Waals surface area contributed by atoms with Gasteiger partial charge in [-0.1, -0.05) is 13.0 Å². The fourth-order valence-electron chi connectivity index (χ4n) is 2.31. The van der Waals surface area contributed by atoms with E-state index in [2.05, 4.69) is 11.8 Å². The highest BCUT2D eigenvalue weighted by Crippen LogP contribution is 2.19. The van der Waals surface area contributed by atoms with Gasteiger partial charge < -0.3 is 5.11 Å². The number of halogens is 1. The number of carboxylic acid groups (broad SMARTS) is 1. The molecule has 1 fully saturated rings. The fourth-order valence-corrected chi connectivity index (χ4v) is 2.31. The number of rotatable bonds is 3. The first-order chi connectivity index (χ1) is 8.56. The van der Waals surface area contributed by atoms with E-state index in [1.54, 1.807) is 6.07 Å². The van der Waals surface area contributed by atoms with E-state index in [9.17, 15) is 9.18 Å². The van der Waals surface area contributed by atoms with Gasteiger partial charge in [0.1, 0.15) is 5.82 Å². The summed E-state index contributed by atoms with van der Waals surface area (Å²) in [6, 6.07) is 4.35. The number of hydrogen-bond donors (Lipinski definition) is 1. The molecule has 0 atom stereocenters. The third kappa shape index (κ3) is 3.07.